The fourth-order valence-corrected chi connectivity index (χ4v) is 5.79. The lowest BCUT2D eigenvalue weighted by atomic mass is 9.95. The number of rotatable bonds is 10. The number of ether oxygens (including phenoxy) is 3. The smallest absolute Gasteiger partial charge is 0.418 e. The Morgan fingerprint density at radius 1 is 1.04 bits per heavy atom. The minimum Gasteiger partial charge on any atom is -0.493 e. The van der Waals surface area contributed by atoms with Gasteiger partial charge < -0.3 is 24.4 Å². The normalized spacial score (nSPS) is 14.7. The average Bonchev–Trinajstić information content (AvgIpc) is 3.61. The monoisotopic (exact) mass is 651 g/mol. The van der Waals surface area contributed by atoms with Crippen LogP contribution in [0.4, 0.5) is 26.6 Å². The standard InChI is InChI=1S/C36H38FN7O4/c1-23-8-5-10-28(24(23)2)29-19-27(44-17-7-14-39-44)20-32(46-4)34(29)48-36(45)42-33-13-15-38-35(41-33)40-26-11-12-31(30(37)18-26)47-22-25-9-6-16-43(3)21-25/h5,7-8,10-15,17-20,25H,6,9,16,21-22H2,1-4H3,(H2,38,40,41,42,45). The van der Waals surface area contributed by atoms with Crippen molar-refractivity contribution in [3.63, 3.8) is 0 Å². The van der Waals surface area contributed by atoms with Crippen molar-refractivity contribution in [3.05, 3.63) is 96.2 Å². The van der Waals surface area contributed by atoms with E-state index in [0.29, 0.717) is 29.5 Å². The Morgan fingerprint density at radius 2 is 1.92 bits per heavy atom. The molecule has 0 spiro atoms. The number of methoxy groups -OCH3 is 1. The molecule has 6 rings (SSSR count). The molecule has 1 aliphatic rings. The maximum absolute atomic E-state index is 14.9. The first-order chi connectivity index (χ1) is 23.3. The third kappa shape index (κ3) is 7.55. The second kappa shape index (κ2) is 14.5. The highest BCUT2D eigenvalue weighted by Gasteiger charge is 2.22. The number of carbonyl (C=O) groups excluding carboxylic acids is 1. The van der Waals surface area contributed by atoms with Crippen LogP contribution in [0.1, 0.15) is 24.0 Å². The molecule has 1 unspecified atom stereocenters. The maximum Gasteiger partial charge on any atom is 0.418 e. The molecule has 12 heteroatoms. The van der Waals surface area contributed by atoms with Gasteiger partial charge in [0.2, 0.25) is 5.95 Å². The molecular formula is C36H38FN7O4. The first-order valence-electron chi connectivity index (χ1n) is 15.8. The van der Waals surface area contributed by atoms with Gasteiger partial charge in [-0.3, -0.25) is 5.32 Å². The summed E-state index contributed by atoms with van der Waals surface area (Å²) < 4.78 is 34.0. The number of hydrogen-bond acceptors (Lipinski definition) is 9. The van der Waals surface area contributed by atoms with E-state index in [4.69, 9.17) is 14.2 Å². The van der Waals surface area contributed by atoms with Crippen molar-refractivity contribution in [3.8, 4) is 34.1 Å². The topological polar surface area (TPSA) is 116 Å². The van der Waals surface area contributed by atoms with Crippen LogP contribution in [-0.2, 0) is 0 Å². The van der Waals surface area contributed by atoms with E-state index in [0.717, 1.165) is 48.3 Å². The molecule has 1 amide bonds. The molecule has 0 aliphatic carbocycles. The Morgan fingerprint density at radius 3 is 2.69 bits per heavy atom. The molecule has 11 nitrogen and oxygen atoms in total. The van der Waals surface area contributed by atoms with Crippen LogP contribution in [0.15, 0.2) is 79.3 Å². The highest BCUT2D eigenvalue weighted by Crippen LogP contribution is 2.42. The molecule has 5 aromatic rings. The molecule has 1 fully saturated rings. The third-order valence-corrected chi connectivity index (χ3v) is 8.39. The van der Waals surface area contributed by atoms with E-state index < -0.39 is 11.9 Å². The van der Waals surface area contributed by atoms with Crippen molar-refractivity contribution in [1.82, 2.24) is 24.6 Å². The minimum absolute atomic E-state index is 0.156. The SMILES string of the molecule is COc1cc(-n2cccn2)cc(-c2cccc(C)c2C)c1OC(=O)Nc1ccnc(Nc2ccc(OCC3CCCN(C)C3)c(F)c2)n1. The number of anilines is 3. The van der Waals surface area contributed by atoms with Crippen molar-refractivity contribution < 1.29 is 23.4 Å². The number of benzene rings is 3. The van der Waals surface area contributed by atoms with E-state index in [1.165, 1.54) is 25.4 Å². The summed E-state index contributed by atoms with van der Waals surface area (Å²) in [4.78, 5) is 24.1. The molecule has 2 aromatic heterocycles. The average molecular weight is 652 g/mol. The van der Waals surface area contributed by atoms with Gasteiger partial charge in [0, 0.05) is 54.4 Å². The number of carbonyl (C=O) groups is 1. The van der Waals surface area contributed by atoms with Gasteiger partial charge in [-0.25, -0.2) is 18.9 Å². The lowest BCUT2D eigenvalue weighted by Gasteiger charge is -2.29. The number of nitrogens with zero attached hydrogens (tertiary/aromatic N) is 5. The van der Waals surface area contributed by atoms with Crippen LogP contribution in [0, 0.1) is 25.6 Å². The molecule has 248 valence electrons. The quantitative estimate of drug-likeness (QED) is 0.162. The van der Waals surface area contributed by atoms with Gasteiger partial charge in [-0.15, -0.1) is 0 Å². The summed E-state index contributed by atoms with van der Waals surface area (Å²) in [6.07, 6.45) is 6.38. The Labute approximate surface area is 278 Å². The molecule has 0 bridgehead atoms. The van der Waals surface area contributed by atoms with Crippen molar-refractivity contribution in [2.75, 3.05) is 44.5 Å². The van der Waals surface area contributed by atoms with Crippen LogP contribution in [0.2, 0.25) is 0 Å². The van der Waals surface area contributed by atoms with Crippen LogP contribution in [0.5, 0.6) is 17.2 Å². The fraction of sp³-hybridized carbons (Fsp3) is 0.278. The van der Waals surface area contributed by atoms with Gasteiger partial charge in [-0.2, -0.15) is 10.1 Å². The molecule has 1 aliphatic heterocycles. The molecule has 0 saturated carbocycles. The van der Waals surface area contributed by atoms with E-state index in [1.807, 2.05) is 50.4 Å². The minimum atomic E-state index is -0.784. The zero-order chi connectivity index (χ0) is 33.6. The molecule has 1 atom stereocenters. The molecule has 2 N–H and O–H groups in total. The Kier molecular flexibility index (Phi) is 9.81. The second-order valence-electron chi connectivity index (χ2n) is 11.9. The number of nitrogens with one attached hydrogen (secondary N) is 2. The zero-order valence-corrected chi connectivity index (χ0v) is 27.4. The molecule has 0 radical (unpaired) electrons. The maximum atomic E-state index is 14.9. The van der Waals surface area contributed by atoms with Crippen LogP contribution in [-0.4, -0.2) is 64.6 Å². The molecule has 3 heterocycles. The lowest BCUT2D eigenvalue weighted by molar-refractivity contribution is 0.147. The zero-order valence-electron chi connectivity index (χ0n) is 27.4. The van der Waals surface area contributed by atoms with Crippen molar-refractivity contribution in [2.24, 2.45) is 5.92 Å². The lowest BCUT2D eigenvalue weighted by Crippen LogP contribution is -2.34. The predicted octanol–water partition coefficient (Wildman–Crippen LogP) is 7.17. The highest BCUT2D eigenvalue weighted by atomic mass is 19.1. The first kappa shape index (κ1) is 32.5. The summed E-state index contributed by atoms with van der Waals surface area (Å²) in [6.45, 7) is 6.52. The van der Waals surface area contributed by atoms with Crippen LogP contribution < -0.4 is 24.8 Å². The van der Waals surface area contributed by atoms with Gasteiger partial charge >= 0.3 is 6.09 Å². The van der Waals surface area contributed by atoms with Gasteiger partial charge in [0.1, 0.15) is 5.82 Å². The van der Waals surface area contributed by atoms with Gasteiger partial charge in [0.25, 0.3) is 0 Å². The number of likely N-dealkylation sites (tertiary alicyclic amines) is 1. The number of piperidine rings is 1. The van der Waals surface area contributed by atoms with Crippen LogP contribution in [0.3, 0.4) is 0 Å². The Bertz CT molecular complexity index is 1900. The fourth-order valence-electron chi connectivity index (χ4n) is 5.79. The van der Waals surface area contributed by atoms with Gasteiger partial charge in [0.15, 0.2) is 23.1 Å². The third-order valence-electron chi connectivity index (χ3n) is 8.39. The van der Waals surface area contributed by atoms with Crippen LogP contribution in [0.25, 0.3) is 16.8 Å². The van der Waals surface area contributed by atoms with E-state index in [1.54, 1.807) is 29.1 Å². The molecule has 48 heavy (non-hydrogen) atoms. The largest absolute Gasteiger partial charge is 0.493 e. The number of aromatic nitrogens is 4. The number of halogens is 1. The van der Waals surface area contributed by atoms with Gasteiger partial charge in [-0.1, -0.05) is 18.2 Å². The van der Waals surface area contributed by atoms with Gasteiger partial charge in [0.05, 0.1) is 19.4 Å². The number of amides is 1. The summed E-state index contributed by atoms with van der Waals surface area (Å²) in [7, 11) is 3.60. The summed E-state index contributed by atoms with van der Waals surface area (Å²) >= 11 is 0. The van der Waals surface area contributed by atoms with Gasteiger partial charge in [-0.05, 0) is 87.3 Å². The van der Waals surface area contributed by atoms with Crippen molar-refractivity contribution in [2.45, 2.75) is 26.7 Å². The first-order valence-corrected chi connectivity index (χ1v) is 15.8. The van der Waals surface area contributed by atoms with Crippen molar-refractivity contribution in [1.29, 1.82) is 0 Å². The number of aryl methyl sites for hydroxylation is 1. The Balaban J connectivity index is 1.17. The van der Waals surface area contributed by atoms with Crippen LogP contribution >= 0.6 is 0 Å². The highest BCUT2D eigenvalue weighted by molar-refractivity contribution is 5.89. The predicted molar refractivity (Wildman–Crippen MR) is 182 cm³/mol. The summed E-state index contributed by atoms with van der Waals surface area (Å²) in [5.74, 6) is 0.992. The van der Waals surface area contributed by atoms with Crippen molar-refractivity contribution >= 4 is 23.5 Å². The van der Waals surface area contributed by atoms with E-state index in [2.05, 4.69) is 37.6 Å². The second-order valence-corrected chi connectivity index (χ2v) is 11.9. The Hall–Kier alpha value is -5.49. The summed E-state index contributed by atoms with van der Waals surface area (Å²) in [5, 5.41) is 10.00. The number of hydrogen-bond donors (Lipinski definition) is 2. The van der Waals surface area contributed by atoms with E-state index in [9.17, 15) is 9.18 Å². The summed E-state index contributed by atoms with van der Waals surface area (Å²) in [6, 6.07) is 17.5. The molecule has 1 saturated heterocycles. The molecular weight excluding hydrogens is 613 g/mol. The van der Waals surface area contributed by atoms with E-state index >= 15 is 0 Å². The summed E-state index contributed by atoms with van der Waals surface area (Å²) in [5.41, 5.74) is 4.81. The van der Waals surface area contributed by atoms with E-state index in [-0.39, 0.29) is 23.3 Å². The molecule has 3 aromatic carbocycles.